The number of sulfonamides is 1. The largest absolute Gasteiger partial charge is 0.482 e. The topological polar surface area (TPSA) is 102 Å². The fraction of sp³-hybridized carbons (Fsp3) is 0.391. The van der Waals surface area contributed by atoms with E-state index in [1.165, 1.54) is 11.4 Å². The SMILES string of the molecule is CCOC(=O)COc1ccc(NC(=O)C2(S(=O)(=O)N(C)c3ccccc3)CCCC2)cc1. The lowest BCUT2D eigenvalue weighted by atomic mass is 10.1. The van der Waals surface area contributed by atoms with Gasteiger partial charge < -0.3 is 14.8 Å². The Morgan fingerprint density at radius 2 is 1.66 bits per heavy atom. The van der Waals surface area contributed by atoms with Gasteiger partial charge in [-0.15, -0.1) is 0 Å². The number of rotatable bonds is 9. The average Bonchev–Trinajstić information content (AvgIpc) is 3.31. The van der Waals surface area contributed by atoms with E-state index in [-0.39, 0.29) is 26.1 Å². The second-order valence-electron chi connectivity index (χ2n) is 7.58. The lowest BCUT2D eigenvalue weighted by Gasteiger charge is -2.33. The molecule has 1 aliphatic rings. The fourth-order valence-corrected chi connectivity index (χ4v) is 5.82. The number of nitrogens with one attached hydrogen (secondary N) is 1. The summed E-state index contributed by atoms with van der Waals surface area (Å²) in [6.45, 7) is 1.77. The third-order valence-electron chi connectivity index (χ3n) is 5.57. The zero-order chi connectivity index (χ0) is 23.2. The quantitative estimate of drug-likeness (QED) is 0.576. The van der Waals surface area contributed by atoms with Crippen LogP contribution in [0, 0.1) is 0 Å². The van der Waals surface area contributed by atoms with Crippen LogP contribution in [0.15, 0.2) is 54.6 Å². The van der Waals surface area contributed by atoms with Crippen LogP contribution < -0.4 is 14.4 Å². The Morgan fingerprint density at radius 1 is 1.03 bits per heavy atom. The molecule has 0 aromatic heterocycles. The zero-order valence-electron chi connectivity index (χ0n) is 18.2. The summed E-state index contributed by atoms with van der Waals surface area (Å²) in [6, 6.07) is 15.1. The summed E-state index contributed by atoms with van der Waals surface area (Å²) in [5.74, 6) is -0.582. The van der Waals surface area contributed by atoms with Gasteiger partial charge in [-0.3, -0.25) is 9.10 Å². The molecule has 2 aromatic rings. The Bertz CT molecular complexity index is 1030. The molecule has 0 atom stereocenters. The van der Waals surface area contributed by atoms with Crippen molar-refractivity contribution in [1.82, 2.24) is 0 Å². The van der Waals surface area contributed by atoms with Gasteiger partial charge in [-0.25, -0.2) is 13.2 Å². The van der Waals surface area contributed by atoms with Crippen molar-refractivity contribution in [2.45, 2.75) is 37.4 Å². The molecule has 1 saturated carbocycles. The highest BCUT2D eigenvalue weighted by atomic mass is 32.2. The molecule has 2 aromatic carbocycles. The highest BCUT2D eigenvalue weighted by Gasteiger charge is 2.54. The average molecular weight is 461 g/mol. The van der Waals surface area contributed by atoms with E-state index in [1.807, 2.05) is 6.07 Å². The minimum absolute atomic E-state index is 0.216. The maximum atomic E-state index is 13.5. The number of amides is 1. The first kappa shape index (κ1) is 23.6. The number of hydrogen-bond acceptors (Lipinski definition) is 6. The molecule has 1 N–H and O–H groups in total. The van der Waals surface area contributed by atoms with Crippen LogP contribution in [0.4, 0.5) is 11.4 Å². The minimum atomic E-state index is -3.96. The van der Waals surface area contributed by atoms with Crippen LogP contribution in [-0.4, -0.2) is 45.3 Å². The first-order valence-electron chi connectivity index (χ1n) is 10.5. The molecule has 3 rings (SSSR count). The fourth-order valence-electron chi connectivity index (χ4n) is 3.81. The summed E-state index contributed by atoms with van der Waals surface area (Å²) in [5.41, 5.74) is 0.956. The summed E-state index contributed by atoms with van der Waals surface area (Å²) >= 11 is 0. The molecule has 0 bridgehead atoms. The third-order valence-corrected chi connectivity index (χ3v) is 8.09. The maximum absolute atomic E-state index is 13.5. The van der Waals surface area contributed by atoms with Crippen LogP contribution in [0.1, 0.15) is 32.6 Å². The van der Waals surface area contributed by atoms with Gasteiger partial charge in [-0.1, -0.05) is 31.0 Å². The number of ether oxygens (including phenoxy) is 2. The second kappa shape index (κ2) is 10.0. The monoisotopic (exact) mass is 460 g/mol. The van der Waals surface area contributed by atoms with Gasteiger partial charge in [0.05, 0.1) is 12.3 Å². The molecule has 172 valence electrons. The Kier molecular flexibility index (Phi) is 7.40. The highest BCUT2D eigenvalue weighted by Crippen LogP contribution is 2.40. The van der Waals surface area contributed by atoms with E-state index < -0.39 is 26.6 Å². The van der Waals surface area contributed by atoms with Crippen LogP contribution in [0.5, 0.6) is 5.75 Å². The van der Waals surface area contributed by atoms with Crippen LogP contribution >= 0.6 is 0 Å². The van der Waals surface area contributed by atoms with Crippen LogP contribution in [-0.2, 0) is 24.3 Å². The van der Waals surface area contributed by atoms with Gasteiger partial charge in [0, 0.05) is 12.7 Å². The van der Waals surface area contributed by atoms with Crippen molar-refractivity contribution in [3.63, 3.8) is 0 Å². The van der Waals surface area contributed by atoms with Gasteiger partial charge in [0.1, 0.15) is 5.75 Å². The molecule has 0 aliphatic heterocycles. The Morgan fingerprint density at radius 3 is 2.25 bits per heavy atom. The zero-order valence-corrected chi connectivity index (χ0v) is 19.1. The first-order chi connectivity index (χ1) is 15.3. The summed E-state index contributed by atoms with van der Waals surface area (Å²) < 4.78 is 36.9. The Balaban J connectivity index is 1.75. The molecule has 0 radical (unpaired) electrons. The smallest absolute Gasteiger partial charge is 0.344 e. The van der Waals surface area contributed by atoms with Gasteiger partial charge in [-0.05, 0) is 56.2 Å². The van der Waals surface area contributed by atoms with Crippen molar-refractivity contribution in [3.05, 3.63) is 54.6 Å². The highest BCUT2D eigenvalue weighted by molar-refractivity contribution is 7.95. The predicted octanol–water partition coefficient (Wildman–Crippen LogP) is 3.35. The number of hydrogen-bond donors (Lipinski definition) is 1. The van der Waals surface area contributed by atoms with Crippen molar-refractivity contribution in [1.29, 1.82) is 0 Å². The van der Waals surface area contributed by atoms with Gasteiger partial charge in [0.15, 0.2) is 11.4 Å². The molecule has 0 saturated heterocycles. The Hall–Kier alpha value is -3.07. The second-order valence-corrected chi connectivity index (χ2v) is 9.86. The van der Waals surface area contributed by atoms with E-state index in [1.54, 1.807) is 55.5 Å². The van der Waals surface area contributed by atoms with E-state index in [0.717, 1.165) is 0 Å². The normalized spacial score (nSPS) is 15.1. The van der Waals surface area contributed by atoms with E-state index in [2.05, 4.69) is 5.32 Å². The lowest BCUT2D eigenvalue weighted by Crippen LogP contribution is -2.53. The predicted molar refractivity (Wildman–Crippen MR) is 122 cm³/mol. The third kappa shape index (κ3) is 4.88. The summed E-state index contributed by atoms with van der Waals surface area (Å²) in [5, 5.41) is 2.76. The lowest BCUT2D eigenvalue weighted by molar-refractivity contribution is -0.145. The molecule has 0 unspecified atom stereocenters. The van der Waals surface area contributed by atoms with Crippen molar-refractivity contribution in [3.8, 4) is 5.75 Å². The van der Waals surface area contributed by atoms with Crippen molar-refractivity contribution in [2.24, 2.45) is 0 Å². The van der Waals surface area contributed by atoms with Crippen molar-refractivity contribution < 1.29 is 27.5 Å². The van der Waals surface area contributed by atoms with Gasteiger partial charge >= 0.3 is 5.97 Å². The van der Waals surface area contributed by atoms with Crippen molar-refractivity contribution >= 4 is 33.3 Å². The van der Waals surface area contributed by atoms with Gasteiger partial charge in [-0.2, -0.15) is 0 Å². The maximum Gasteiger partial charge on any atom is 0.344 e. The summed E-state index contributed by atoms with van der Waals surface area (Å²) in [7, 11) is -2.48. The molecule has 0 heterocycles. The summed E-state index contributed by atoms with van der Waals surface area (Å²) in [6.07, 6.45) is 1.85. The molecular formula is C23H28N2O6S. The molecule has 8 nitrogen and oxygen atoms in total. The molecule has 0 spiro atoms. The standard InChI is InChI=1S/C23H28N2O6S/c1-3-30-21(26)17-31-20-13-11-18(12-14-20)24-22(27)23(15-7-8-16-23)32(28,29)25(2)19-9-5-4-6-10-19/h4-6,9-14H,3,7-8,15-17H2,1-2H3,(H,24,27). The van der Waals surface area contributed by atoms with E-state index in [0.29, 0.717) is 30.0 Å². The van der Waals surface area contributed by atoms with Crippen LogP contribution in [0.25, 0.3) is 0 Å². The Labute approximate surface area is 188 Å². The molecular weight excluding hydrogens is 432 g/mol. The molecule has 32 heavy (non-hydrogen) atoms. The number of benzene rings is 2. The number of esters is 1. The number of carbonyl (C=O) groups is 2. The van der Waals surface area contributed by atoms with Gasteiger partial charge in [0.2, 0.25) is 15.9 Å². The number of para-hydroxylation sites is 1. The number of carbonyl (C=O) groups excluding carboxylic acids is 2. The summed E-state index contributed by atoms with van der Waals surface area (Å²) in [4.78, 5) is 24.7. The first-order valence-corrected chi connectivity index (χ1v) is 12.0. The van der Waals surface area contributed by atoms with Crippen molar-refractivity contribution in [2.75, 3.05) is 29.9 Å². The molecule has 9 heteroatoms. The van der Waals surface area contributed by atoms with Crippen LogP contribution in [0.2, 0.25) is 0 Å². The van der Waals surface area contributed by atoms with Crippen LogP contribution in [0.3, 0.4) is 0 Å². The van der Waals surface area contributed by atoms with E-state index >= 15 is 0 Å². The molecule has 1 fully saturated rings. The van der Waals surface area contributed by atoms with Gasteiger partial charge in [0.25, 0.3) is 0 Å². The molecule has 1 aliphatic carbocycles. The van der Waals surface area contributed by atoms with E-state index in [9.17, 15) is 18.0 Å². The minimum Gasteiger partial charge on any atom is -0.482 e. The van der Waals surface area contributed by atoms with E-state index in [4.69, 9.17) is 9.47 Å². The number of anilines is 2. The number of nitrogens with zero attached hydrogens (tertiary/aromatic N) is 1. The molecule has 1 amide bonds.